The Morgan fingerprint density at radius 2 is 1.95 bits per heavy atom. The van der Waals surface area contributed by atoms with Crippen LogP contribution < -0.4 is 0 Å². The van der Waals surface area contributed by atoms with Crippen molar-refractivity contribution in [1.82, 2.24) is 0 Å². The van der Waals surface area contributed by atoms with Gasteiger partial charge in [0.1, 0.15) is 17.4 Å². The molecule has 2 aromatic rings. The summed E-state index contributed by atoms with van der Waals surface area (Å²) in [5.74, 6) is -1.76. The minimum atomic E-state index is -1.57. The smallest absolute Gasteiger partial charge is 0.339 e. The first-order valence-corrected chi connectivity index (χ1v) is 5.66. The largest absolute Gasteiger partial charge is 0.478 e. The van der Waals surface area contributed by atoms with Crippen LogP contribution in [-0.4, -0.2) is 22.0 Å². The van der Waals surface area contributed by atoms with Gasteiger partial charge in [0.2, 0.25) is 5.78 Å². The quantitative estimate of drug-likeness (QED) is 0.821. The zero-order chi connectivity index (χ0) is 13.8. The number of furan rings is 1. The Hall–Kier alpha value is -1.30. The number of benzene rings is 1. The third kappa shape index (κ3) is 1.89. The third-order valence-corrected chi connectivity index (χ3v) is 3.41. The van der Waals surface area contributed by atoms with Crippen LogP contribution in [0.3, 0.4) is 0 Å². The molecular weight excluding hydrogens is 337 g/mol. The van der Waals surface area contributed by atoms with E-state index in [1.54, 1.807) is 24.3 Å². The molecule has 0 fully saturated rings. The summed E-state index contributed by atoms with van der Waals surface area (Å²) in [5.41, 5.74) is -1.03. The molecule has 0 aliphatic heterocycles. The van der Waals surface area contributed by atoms with Gasteiger partial charge in [-0.1, -0.05) is 24.3 Å². The van der Waals surface area contributed by atoms with Crippen LogP contribution in [0.2, 0.25) is 0 Å². The van der Waals surface area contributed by atoms with Gasteiger partial charge in [-0.15, -0.1) is 0 Å². The monoisotopic (exact) mass is 347 g/mol. The van der Waals surface area contributed by atoms with Gasteiger partial charge in [-0.2, -0.15) is 0 Å². The third-order valence-electron chi connectivity index (χ3n) is 3.41. The van der Waals surface area contributed by atoms with Gasteiger partial charge in [0.25, 0.3) is 0 Å². The molecule has 1 aromatic carbocycles. The van der Waals surface area contributed by atoms with Crippen LogP contribution in [0, 0.1) is 0 Å². The molecule has 99 valence electrons. The molecule has 1 unspecified atom stereocenters. The molecule has 3 rings (SSSR count). The van der Waals surface area contributed by atoms with E-state index in [-0.39, 0.29) is 49.6 Å². The number of carbonyl (C=O) groups is 2. The van der Waals surface area contributed by atoms with Gasteiger partial charge in [0.15, 0.2) is 5.76 Å². The normalized spacial score (nSPS) is 19.8. The van der Waals surface area contributed by atoms with Gasteiger partial charge in [0, 0.05) is 38.3 Å². The summed E-state index contributed by atoms with van der Waals surface area (Å²) in [6, 6.07) is 6.55. The number of aromatic carboxylic acids is 1. The second-order valence-corrected chi connectivity index (χ2v) is 4.61. The minimum absolute atomic E-state index is 0. The van der Waals surface area contributed by atoms with Gasteiger partial charge in [-0.05, 0) is 12.5 Å². The molecule has 1 aliphatic carbocycles. The molecule has 2 N–H and O–H groups in total. The summed E-state index contributed by atoms with van der Waals surface area (Å²) >= 11 is 0. The van der Waals surface area contributed by atoms with Crippen LogP contribution in [0.25, 0.3) is 0 Å². The van der Waals surface area contributed by atoms with E-state index in [4.69, 9.17) is 9.52 Å². The number of ketones is 1. The van der Waals surface area contributed by atoms with Gasteiger partial charge in [-0.25, -0.2) is 4.79 Å². The Morgan fingerprint density at radius 3 is 2.60 bits per heavy atom. The number of hydrogen-bond donors (Lipinski definition) is 2. The maximum absolute atomic E-state index is 12.2. The van der Waals surface area contributed by atoms with E-state index in [1.807, 2.05) is 0 Å². The van der Waals surface area contributed by atoms with Crippen molar-refractivity contribution in [2.75, 3.05) is 0 Å². The molecule has 1 atom stereocenters. The number of hydrogen-bond acceptors (Lipinski definition) is 4. The molecule has 1 aromatic heterocycles. The Kier molecular flexibility index (Phi) is 3.71. The molecule has 0 amide bonds. The fourth-order valence-corrected chi connectivity index (χ4v) is 2.53. The van der Waals surface area contributed by atoms with E-state index < -0.39 is 17.4 Å². The van der Waals surface area contributed by atoms with Gasteiger partial charge in [-0.3, -0.25) is 4.79 Å². The number of rotatable bonds is 1. The standard InChI is InChI=1S/C14H10O5.Y/c1-14(18)9-5-3-2-4-7(9)11(15)12-10(14)8(6-19-12)13(16)17;/h2-6,18H,1H3,(H,16,17);. The van der Waals surface area contributed by atoms with Crippen LogP contribution in [0.5, 0.6) is 0 Å². The zero-order valence-corrected chi connectivity index (χ0v) is 13.4. The van der Waals surface area contributed by atoms with Crippen molar-refractivity contribution >= 4 is 11.8 Å². The summed E-state index contributed by atoms with van der Waals surface area (Å²) < 4.78 is 5.06. The number of carboxylic acids is 1. The topological polar surface area (TPSA) is 87.7 Å². The predicted octanol–water partition coefficient (Wildman–Crippen LogP) is 1.78. The van der Waals surface area contributed by atoms with Crippen molar-refractivity contribution in [1.29, 1.82) is 0 Å². The Bertz CT molecular complexity index is 714. The second kappa shape index (κ2) is 4.91. The molecule has 0 saturated carbocycles. The fourth-order valence-electron chi connectivity index (χ4n) is 2.53. The van der Waals surface area contributed by atoms with Crippen molar-refractivity contribution in [2.45, 2.75) is 12.5 Å². The maximum atomic E-state index is 12.2. The van der Waals surface area contributed by atoms with Crippen molar-refractivity contribution in [3.63, 3.8) is 0 Å². The Balaban J connectivity index is 0.00000147. The van der Waals surface area contributed by atoms with Crippen molar-refractivity contribution in [3.8, 4) is 0 Å². The Labute approximate surface area is 139 Å². The van der Waals surface area contributed by atoms with Gasteiger partial charge < -0.3 is 14.6 Å². The van der Waals surface area contributed by atoms with Crippen LogP contribution >= 0.6 is 0 Å². The first kappa shape index (κ1) is 15.1. The summed E-state index contributed by atoms with van der Waals surface area (Å²) in [6.07, 6.45) is 0.991. The summed E-state index contributed by atoms with van der Waals surface area (Å²) in [6.45, 7) is 1.46. The fraction of sp³-hybridized carbons (Fsp3) is 0.143. The van der Waals surface area contributed by atoms with Crippen molar-refractivity contribution in [2.24, 2.45) is 0 Å². The van der Waals surface area contributed by atoms with Crippen LogP contribution in [-0.2, 0) is 38.3 Å². The Morgan fingerprint density at radius 1 is 1.30 bits per heavy atom. The molecule has 0 bridgehead atoms. The molecule has 1 radical (unpaired) electrons. The van der Waals surface area contributed by atoms with Crippen molar-refractivity contribution in [3.05, 3.63) is 58.5 Å². The predicted molar refractivity (Wildman–Crippen MR) is 64.2 cm³/mol. The summed E-state index contributed by atoms with van der Waals surface area (Å²) in [4.78, 5) is 23.4. The van der Waals surface area contributed by atoms with E-state index in [2.05, 4.69) is 0 Å². The number of fused-ring (bicyclic) bond motifs is 2. The average molecular weight is 347 g/mol. The molecule has 1 heterocycles. The number of aliphatic hydroxyl groups is 1. The molecule has 0 saturated heterocycles. The summed E-state index contributed by atoms with van der Waals surface area (Å²) in [7, 11) is 0. The van der Waals surface area contributed by atoms with Gasteiger partial charge >= 0.3 is 5.97 Å². The molecule has 6 heteroatoms. The van der Waals surface area contributed by atoms with E-state index in [0.717, 1.165) is 6.26 Å². The van der Waals surface area contributed by atoms with E-state index in [1.165, 1.54) is 6.92 Å². The molecular formula is C14H10O5Y. The van der Waals surface area contributed by atoms with Crippen LogP contribution in [0.15, 0.2) is 34.9 Å². The van der Waals surface area contributed by atoms with E-state index >= 15 is 0 Å². The molecule has 1 aliphatic rings. The van der Waals surface area contributed by atoms with E-state index in [0.29, 0.717) is 11.1 Å². The average Bonchev–Trinajstić information content (AvgIpc) is 2.82. The second-order valence-electron chi connectivity index (χ2n) is 4.61. The van der Waals surface area contributed by atoms with Gasteiger partial charge in [0.05, 0.1) is 5.56 Å². The first-order valence-electron chi connectivity index (χ1n) is 5.66. The van der Waals surface area contributed by atoms with Crippen molar-refractivity contribution < 1.29 is 56.9 Å². The maximum Gasteiger partial charge on any atom is 0.339 e. The van der Waals surface area contributed by atoms with E-state index in [9.17, 15) is 14.7 Å². The van der Waals surface area contributed by atoms with Crippen LogP contribution in [0.1, 0.15) is 44.5 Å². The number of carbonyl (C=O) groups excluding carboxylic acids is 1. The number of carboxylic acid groups (broad SMARTS) is 1. The molecule has 20 heavy (non-hydrogen) atoms. The first-order chi connectivity index (χ1) is 8.94. The molecule has 5 nitrogen and oxygen atoms in total. The SMILES string of the molecule is CC1(O)c2ccccc2C(=O)c2occ(C(=O)O)c21.[Y]. The minimum Gasteiger partial charge on any atom is -0.478 e. The summed E-state index contributed by atoms with van der Waals surface area (Å²) in [5, 5.41) is 19.8. The molecule has 0 spiro atoms. The van der Waals surface area contributed by atoms with Crippen LogP contribution in [0.4, 0.5) is 0 Å². The zero-order valence-electron chi connectivity index (χ0n) is 10.6.